The lowest BCUT2D eigenvalue weighted by molar-refractivity contribution is -0.384. The molecule has 3 rings (SSSR count). The lowest BCUT2D eigenvalue weighted by atomic mass is 10.2. The summed E-state index contributed by atoms with van der Waals surface area (Å²) in [5.41, 5.74) is 3.09. The minimum atomic E-state index is -4.27. The van der Waals surface area contributed by atoms with Gasteiger partial charge in [-0.05, 0) is 70.9 Å². The van der Waals surface area contributed by atoms with Gasteiger partial charge in [0, 0.05) is 16.6 Å². The summed E-state index contributed by atoms with van der Waals surface area (Å²) >= 11 is 3.30. The number of halogens is 1. The Morgan fingerprint density at radius 3 is 2.47 bits per heavy atom. The number of non-ortho nitro benzene ring substituents is 1. The first kappa shape index (κ1) is 24.9. The molecule has 0 heterocycles. The second-order valence-corrected chi connectivity index (χ2v) is 9.01. The summed E-state index contributed by atoms with van der Waals surface area (Å²) in [6.45, 7) is 1.95. The highest BCUT2D eigenvalue weighted by atomic mass is 79.9. The van der Waals surface area contributed by atoms with Crippen LogP contribution in [0.15, 0.2) is 81.2 Å². The summed E-state index contributed by atoms with van der Waals surface area (Å²) in [6, 6.07) is 15.6. The van der Waals surface area contributed by atoms with E-state index in [0.29, 0.717) is 15.6 Å². The number of carbonyl (C=O) groups excluding carboxylic acids is 1. The van der Waals surface area contributed by atoms with E-state index in [2.05, 4.69) is 26.5 Å². The third-order valence-corrected chi connectivity index (χ3v) is 6.24. The molecule has 0 atom stereocenters. The zero-order chi connectivity index (χ0) is 24.7. The predicted molar refractivity (Wildman–Crippen MR) is 128 cm³/mol. The van der Waals surface area contributed by atoms with Crippen molar-refractivity contribution in [1.29, 1.82) is 0 Å². The molecule has 3 aromatic rings. The van der Waals surface area contributed by atoms with Crippen molar-refractivity contribution in [3.63, 3.8) is 0 Å². The standard InChI is InChI=1S/C22H18BrN3O7S/c1-2-32-21-13-15(14-24-25-22(27)18-5-3-4-6-19(18)23)7-12-20(21)33-34(30,31)17-10-8-16(9-11-17)26(28)29/h3-14H,2H2,1H3,(H,25,27)/b24-14+. The Balaban J connectivity index is 1.77. The molecule has 0 radical (unpaired) electrons. The van der Waals surface area contributed by atoms with Crippen LogP contribution in [0.4, 0.5) is 5.69 Å². The van der Waals surface area contributed by atoms with Crippen LogP contribution < -0.4 is 14.3 Å². The molecule has 0 unspecified atom stereocenters. The van der Waals surface area contributed by atoms with Crippen LogP contribution in [-0.4, -0.2) is 32.1 Å². The van der Waals surface area contributed by atoms with Gasteiger partial charge in [-0.2, -0.15) is 13.5 Å². The van der Waals surface area contributed by atoms with Crippen molar-refractivity contribution in [1.82, 2.24) is 5.43 Å². The fourth-order valence-electron chi connectivity index (χ4n) is 2.71. The third kappa shape index (κ3) is 6.17. The molecule has 3 aromatic carbocycles. The summed E-state index contributed by atoms with van der Waals surface area (Å²) in [7, 11) is -4.27. The molecule has 1 N–H and O–H groups in total. The van der Waals surface area contributed by atoms with Gasteiger partial charge in [-0.1, -0.05) is 12.1 Å². The highest BCUT2D eigenvalue weighted by Gasteiger charge is 2.20. The summed E-state index contributed by atoms with van der Waals surface area (Å²) < 4.78 is 36.5. The van der Waals surface area contributed by atoms with E-state index in [1.54, 1.807) is 31.2 Å². The molecule has 34 heavy (non-hydrogen) atoms. The van der Waals surface area contributed by atoms with E-state index in [9.17, 15) is 23.3 Å². The van der Waals surface area contributed by atoms with Crippen molar-refractivity contribution in [2.24, 2.45) is 5.10 Å². The van der Waals surface area contributed by atoms with Gasteiger partial charge in [0.15, 0.2) is 11.5 Å². The number of nitrogens with zero attached hydrogens (tertiary/aromatic N) is 2. The van der Waals surface area contributed by atoms with Crippen molar-refractivity contribution < 1.29 is 27.1 Å². The maximum atomic E-state index is 12.6. The van der Waals surface area contributed by atoms with Crippen molar-refractivity contribution in [3.8, 4) is 11.5 Å². The molecule has 0 aliphatic carbocycles. The lowest BCUT2D eigenvalue weighted by Crippen LogP contribution is -2.18. The molecular formula is C22H18BrN3O7S. The molecule has 0 bridgehead atoms. The van der Waals surface area contributed by atoms with Gasteiger partial charge in [0.2, 0.25) is 0 Å². The van der Waals surface area contributed by atoms with Gasteiger partial charge in [-0.15, -0.1) is 0 Å². The van der Waals surface area contributed by atoms with Crippen molar-refractivity contribution in [2.75, 3.05) is 6.61 Å². The molecule has 12 heteroatoms. The van der Waals surface area contributed by atoms with Crippen LogP contribution >= 0.6 is 15.9 Å². The molecule has 0 aliphatic heterocycles. The van der Waals surface area contributed by atoms with Crippen LogP contribution in [0.5, 0.6) is 11.5 Å². The number of hydrogen-bond acceptors (Lipinski definition) is 8. The molecule has 0 saturated carbocycles. The van der Waals surface area contributed by atoms with Gasteiger partial charge in [0.05, 0.1) is 23.3 Å². The predicted octanol–water partition coefficient (Wildman–Crippen LogP) is 4.29. The third-order valence-electron chi connectivity index (χ3n) is 4.30. The molecule has 0 aliphatic rings. The number of rotatable bonds is 9. The van der Waals surface area contributed by atoms with Crippen LogP contribution in [0.3, 0.4) is 0 Å². The number of benzene rings is 3. The van der Waals surface area contributed by atoms with Crippen LogP contribution in [0.2, 0.25) is 0 Å². The Morgan fingerprint density at radius 1 is 1.12 bits per heavy atom. The molecule has 0 fully saturated rings. The van der Waals surface area contributed by atoms with Crippen molar-refractivity contribution >= 4 is 43.9 Å². The SMILES string of the molecule is CCOc1cc(/C=N/NC(=O)c2ccccc2Br)ccc1OS(=O)(=O)c1ccc([N+](=O)[O-])cc1. The molecular weight excluding hydrogens is 530 g/mol. The minimum absolute atomic E-state index is 0.0744. The maximum absolute atomic E-state index is 12.6. The Bertz CT molecular complexity index is 1340. The lowest BCUT2D eigenvalue weighted by Gasteiger charge is -2.12. The number of nitrogens with one attached hydrogen (secondary N) is 1. The number of amides is 1. The number of nitro groups is 1. The second kappa shape index (κ2) is 10.9. The Kier molecular flexibility index (Phi) is 7.97. The summed E-state index contributed by atoms with van der Waals surface area (Å²) in [5, 5.41) is 14.7. The molecule has 1 amide bonds. The normalized spacial score (nSPS) is 11.2. The Labute approximate surface area is 203 Å². The van der Waals surface area contributed by atoms with E-state index in [1.807, 2.05) is 0 Å². The number of hydrogen-bond donors (Lipinski definition) is 1. The monoisotopic (exact) mass is 547 g/mol. The zero-order valence-corrected chi connectivity index (χ0v) is 20.1. The Hall–Kier alpha value is -3.77. The van der Waals surface area contributed by atoms with E-state index in [4.69, 9.17) is 8.92 Å². The average Bonchev–Trinajstić information content (AvgIpc) is 2.81. The van der Waals surface area contributed by atoms with Crippen LogP contribution in [0.1, 0.15) is 22.8 Å². The van der Waals surface area contributed by atoms with E-state index in [-0.39, 0.29) is 28.7 Å². The highest BCUT2D eigenvalue weighted by Crippen LogP contribution is 2.31. The van der Waals surface area contributed by atoms with E-state index < -0.39 is 20.9 Å². The molecule has 0 saturated heterocycles. The second-order valence-electron chi connectivity index (χ2n) is 6.61. The largest absolute Gasteiger partial charge is 0.490 e. The van der Waals surface area contributed by atoms with E-state index in [1.165, 1.54) is 24.4 Å². The Morgan fingerprint density at radius 2 is 1.82 bits per heavy atom. The molecule has 176 valence electrons. The number of hydrazone groups is 1. The van der Waals surface area contributed by atoms with Crippen LogP contribution in [0, 0.1) is 10.1 Å². The van der Waals surface area contributed by atoms with Gasteiger partial charge < -0.3 is 8.92 Å². The van der Waals surface area contributed by atoms with Gasteiger partial charge >= 0.3 is 10.1 Å². The first-order valence-electron chi connectivity index (χ1n) is 9.75. The van der Waals surface area contributed by atoms with Gasteiger partial charge in [-0.25, -0.2) is 5.43 Å². The topological polar surface area (TPSA) is 137 Å². The highest BCUT2D eigenvalue weighted by molar-refractivity contribution is 9.10. The first-order chi connectivity index (χ1) is 16.2. The summed E-state index contributed by atoms with van der Waals surface area (Å²) in [5.74, 6) is -0.355. The zero-order valence-electron chi connectivity index (χ0n) is 17.7. The summed E-state index contributed by atoms with van der Waals surface area (Å²) in [6.07, 6.45) is 1.37. The smallest absolute Gasteiger partial charge is 0.339 e. The van der Waals surface area contributed by atoms with Crippen LogP contribution in [-0.2, 0) is 10.1 Å². The van der Waals surface area contributed by atoms with Crippen molar-refractivity contribution in [2.45, 2.75) is 11.8 Å². The van der Waals surface area contributed by atoms with Gasteiger partial charge in [-0.3, -0.25) is 14.9 Å². The van der Waals surface area contributed by atoms with E-state index in [0.717, 1.165) is 24.3 Å². The summed E-state index contributed by atoms with van der Waals surface area (Å²) in [4.78, 5) is 22.1. The minimum Gasteiger partial charge on any atom is -0.490 e. The van der Waals surface area contributed by atoms with Gasteiger partial charge in [0.1, 0.15) is 4.90 Å². The molecule has 0 aromatic heterocycles. The fraction of sp³-hybridized carbons (Fsp3) is 0.0909. The van der Waals surface area contributed by atoms with Crippen molar-refractivity contribution in [3.05, 3.63) is 92.4 Å². The number of ether oxygens (including phenoxy) is 1. The average molecular weight is 548 g/mol. The number of nitro benzene ring substituents is 1. The molecule has 0 spiro atoms. The quantitative estimate of drug-likeness (QED) is 0.182. The van der Waals surface area contributed by atoms with E-state index >= 15 is 0 Å². The van der Waals surface area contributed by atoms with Crippen LogP contribution in [0.25, 0.3) is 0 Å². The fourth-order valence-corrected chi connectivity index (χ4v) is 4.12. The van der Waals surface area contributed by atoms with Gasteiger partial charge in [0.25, 0.3) is 11.6 Å². The first-order valence-corrected chi connectivity index (χ1v) is 11.9. The molecule has 10 nitrogen and oxygen atoms in total. The number of carbonyl (C=O) groups is 1. The maximum Gasteiger partial charge on any atom is 0.339 e.